The van der Waals surface area contributed by atoms with Crippen LogP contribution in [0.5, 0.6) is 0 Å². The number of hydrogen-bond donors (Lipinski definition) is 1. The summed E-state index contributed by atoms with van der Waals surface area (Å²) in [4.78, 5) is 0. The van der Waals surface area contributed by atoms with Crippen molar-refractivity contribution < 1.29 is 5.48 Å². The smallest absolute Gasteiger partial charge is 0.0181 e. The predicted molar refractivity (Wildman–Crippen MR) is 55.4 cm³/mol. The van der Waals surface area contributed by atoms with Gasteiger partial charge in [-0.25, -0.2) is 0 Å². The summed E-state index contributed by atoms with van der Waals surface area (Å²) in [6, 6.07) is 13.0. The lowest BCUT2D eigenvalue weighted by molar-refractivity contribution is 0.824. The molecule has 0 bridgehead atoms. The van der Waals surface area contributed by atoms with E-state index in [2.05, 4.69) is 50.2 Å². The molecule has 0 atom stereocenters. The van der Waals surface area contributed by atoms with E-state index < -0.39 is 0 Å². The summed E-state index contributed by atoms with van der Waals surface area (Å²) in [7, 11) is 0. The van der Waals surface area contributed by atoms with E-state index in [-0.39, 0.29) is 5.48 Å². The van der Waals surface area contributed by atoms with Crippen molar-refractivity contribution >= 4 is 10.8 Å². The molecule has 0 unspecified atom stereocenters. The average Bonchev–Trinajstić information content (AvgIpc) is 2.07. The van der Waals surface area contributed by atoms with E-state index in [0.29, 0.717) is 0 Å². The molecule has 2 aromatic carbocycles. The number of aryl methyl sites for hydroxylation is 2. The van der Waals surface area contributed by atoms with Gasteiger partial charge in [0.05, 0.1) is 0 Å². The van der Waals surface area contributed by atoms with Gasteiger partial charge in [-0.3, -0.25) is 5.48 Å². The Morgan fingerprint density at radius 2 is 1.15 bits per heavy atom. The maximum atomic E-state index is 2.24. The summed E-state index contributed by atoms with van der Waals surface area (Å²) in [5.41, 5.74) is 2.74. The van der Waals surface area contributed by atoms with Gasteiger partial charge in [0.1, 0.15) is 0 Å². The Morgan fingerprint density at radius 1 is 0.769 bits per heavy atom. The van der Waals surface area contributed by atoms with Crippen molar-refractivity contribution in [2.75, 3.05) is 0 Å². The minimum Gasteiger partial charge on any atom is -0.255 e. The van der Waals surface area contributed by atoms with Crippen LogP contribution in [-0.4, -0.2) is 5.48 Å². The number of rotatable bonds is 0. The van der Waals surface area contributed by atoms with Gasteiger partial charge in [-0.2, -0.15) is 0 Å². The third-order valence-electron chi connectivity index (χ3n) is 2.36. The van der Waals surface area contributed by atoms with Gasteiger partial charge in [0.25, 0.3) is 0 Å². The van der Waals surface area contributed by atoms with Gasteiger partial charge in [-0.15, -0.1) is 0 Å². The molecule has 0 spiro atoms. The molecule has 0 saturated heterocycles. The maximum Gasteiger partial charge on any atom is -0.0181 e. The van der Waals surface area contributed by atoms with E-state index in [1.165, 1.54) is 21.9 Å². The van der Waals surface area contributed by atoms with Crippen LogP contribution in [0.3, 0.4) is 0 Å². The first-order valence-electron chi connectivity index (χ1n) is 4.23. The van der Waals surface area contributed by atoms with Crippen molar-refractivity contribution in [3.8, 4) is 0 Å². The first kappa shape index (κ1) is 9.75. The molecule has 1 N–H and O–H groups in total. The second-order valence-electron chi connectivity index (χ2n) is 3.28. The van der Waals surface area contributed by atoms with E-state index in [1.54, 1.807) is 0 Å². The highest BCUT2D eigenvalue weighted by atomic mass is 16.0. The van der Waals surface area contributed by atoms with E-state index in [9.17, 15) is 0 Å². The molecule has 0 amide bonds. The van der Waals surface area contributed by atoms with Crippen molar-refractivity contribution in [1.82, 2.24) is 0 Å². The van der Waals surface area contributed by atoms with Gasteiger partial charge in [0.15, 0.2) is 0 Å². The fraction of sp³-hybridized carbons (Fsp3) is 0.167. The standard InChI is InChI=1S/C12H12.HO/c1-9-7-11-5-3-4-6-12(11)8-10(9)2;/h3-8H,1-2H3;1H. The molecule has 2 aromatic rings. The van der Waals surface area contributed by atoms with Crippen molar-refractivity contribution in [1.29, 1.82) is 0 Å². The second kappa shape index (κ2) is 3.58. The molecule has 13 heavy (non-hydrogen) atoms. The number of benzene rings is 2. The highest BCUT2D eigenvalue weighted by molar-refractivity contribution is 5.83. The zero-order valence-electron chi connectivity index (χ0n) is 7.91. The lowest BCUT2D eigenvalue weighted by atomic mass is 10.0. The fourth-order valence-electron chi connectivity index (χ4n) is 1.47. The minimum atomic E-state index is 0. The molecule has 67 valence electrons. The van der Waals surface area contributed by atoms with Crippen LogP contribution in [0.15, 0.2) is 36.4 Å². The van der Waals surface area contributed by atoms with Crippen molar-refractivity contribution in [3.05, 3.63) is 47.5 Å². The van der Waals surface area contributed by atoms with Crippen molar-refractivity contribution in [3.63, 3.8) is 0 Å². The SMILES string of the molecule is Cc1cc2ccccc2cc1C.[OH]. The molecule has 0 aliphatic rings. The molecular formula is C12H13O. The molecule has 0 fully saturated rings. The van der Waals surface area contributed by atoms with Crippen LogP contribution in [0.25, 0.3) is 10.8 Å². The normalized spacial score (nSPS) is 9.69. The molecule has 1 heteroatoms. The summed E-state index contributed by atoms with van der Waals surface area (Å²) in [5, 5.41) is 2.67. The van der Waals surface area contributed by atoms with Gasteiger partial charge in [-0.1, -0.05) is 36.4 Å². The van der Waals surface area contributed by atoms with Crippen molar-refractivity contribution in [2.24, 2.45) is 0 Å². The van der Waals surface area contributed by atoms with Gasteiger partial charge in [0.2, 0.25) is 0 Å². The summed E-state index contributed by atoms with van der Waals surface area (Å²) in [5.74, 6) is 0. The highest BCUT2D eigenvalue weighted by Gasteiger charge is 1.95. The van der Waals surface area contributed by atoms with E-state index >= 15 is 0 Å². The van der Waals surface area contributed by atoms with E-state index in [1.807, 2.05) is 0 Å². The highest BCUT2D eigenvalue weighted by Crippen LogP contribution is 2.18. The Morgan fingerprint density at radius 3 is 1.54 bits per heavy atom. The van der Waals surface area contributed by atoms with Crippen LogP contribution < -0.4 is 0 Å². The molecule has 1 radical (unpaired) electrons. The molecule has 0 aliphatic heterocycles. The second-order valence-corrected chi connectivity index (χ2v) is 3.28. The molecule has 0 aromatic heterocycles. The summed E-state index contributed by atoms with van der Waals surface area (Å²) in [6.07, 6.45) is 0. The number of fused-ring (bicyclic) bond motifs is 1. The molecule has 0 saturated carbocycles. The Kier molecular flexibility index (Phi) is 2.69. The van der Waals surface area contributed by atoms with E-state index in [4.69, 9.17) is 0 Å². The van der Waals surface area contributed by atoms with Crippen LogP contribution in [0.4, 0.5) is 0 Å². The van der Waals surface area contributed by atoms with Crippen LogP contribution in [0, 0.1) is 13.8 Å². The Balaban J connectivity index is 0.000000845. The van der Waals surface area contributed by atoms with Crippen molar-refractivity contribution in [2.45, 2.75) is 13.8 Å². The molecule has 0 heterocycles. The first-order chi connectivity index (χ1) is 5.77. The predicted octanol–water partition coefficient (Wildman–Crippen LogP) is 3.28. The Bertz CT molecular complexity index is 378. The zero-order chi connectivity index (χ0) is 8.55. The summed E-state index contributed by atoms with van der Waals surface area (Å²) in [6.45, 7) is 4.31. The van der Waals surface area contributed by atoms with E-state index in [0.717, 1.165) is 0 Å². The minimum absolute atomic E-state index is 0. The lowest BCUT2D eigenvalue weighted by Crippen LogP contribution is -1.80. The molecule has 1 nitrogen and oxygen atoms in total. The van der Waals surface area contributed by atoms with Gasteiger partial charge in [0, 0.05) is 0 Å². The lowest BCUT2D eigenvalue weighted by Gasteiger charge is -2.02. The maximum absolute atomic E-state index is 2.24. The summed E-state index contributed by atoms with van der Waals surface area (Å²) >= 11 is 0. The first-order valence-corrected chi connectivity index (χ1v) is 4.23. The molecule has 0 aliphatic carbocycles. The van der Waals surface area contributed by atoms with Gasteiger partial charge < -0.3 is 0 Å². The largest absolute Gasteiger partial charge is 0.255 e. The van der Waals surface area contributed by atoms with Crippen LogP contribution in [0.2, 0.25) is 0 Å². The molecular weight excluding hydrogens is 160 g/mol. The Labute approximate surface area is 78.3 Å². The third kappa shape index (κ3) is 1.70. The number of hydrogen-bond acceptors (Lipinski definition) is 0. The van der Waals surface area contributed by atoms with Crippen LogP contribution >= 0.6 is 0 Å². The van der Waals surface area contributed by atoms with Gasteiger partial charge >= 0.3 is 0 Å². The van der Waals surface area contributed by atoms with Gasteiger partial charge in [-0.05, 0) is 35.7 Å². The van der Waals surface area contributed by atoms with Crippen LogP contribution in [0.1, 0.15) is 11.1 Å². The quantitative estimate of drug-likeness (QED) is 0.633. The van der Waals surface area contributed by atoms with Crippen LogP contribution in [-0.2, 0) is 0 Å². The average molecular weight is 173 g/mol. The third-order valence-corrected chi connectivity index (χ3v) is 2.36. The summed E-state index contributed by atoms with van der Waals surface area (Å²) < 4.78 is 0. The molecule has 2 rings (SSSR count). The fourth-order valence-corrected chi connectivity index (χ4v) is 1.47. The topological polar surface area (TPSA) is 30.0 Å². The zero-order valence-corrected chi connectivity index (χ0v) is 7.91. The Hall–Kier alpha value is -1.34. The monoisotopic (exact) mass is 173 g/mol.